The van der Waals surface area contributed by atoms with Crippen LogP contribution in [0.5, 0.6) is 17.4 Å². The van der Waals surface area contributed by atoms with E-state index in [0.29, 0.717) is 28.4 Å². The average molecular weight is 491 g/mol. The molecule has 3 aromatic heterocycles. The molecule has 2 aliphatic rings. The molecule has 0 radical (unpaired) electrons. The lowest BCUT2D eigenvalue weighted by atomic mass is 10.1. The first-order valence-corrected chi connectivity index (χ1v) is 12.5. The minimum absolute atomic E-state index is 0.159. The van der Waals surface area contributed by atoms with Gasteiger partial charge in [0.2, 0.25) is 5.88 Å². The molecule has 0 saturated carbocycles. The summed E-state index contributed by atoms with van der Waals surface area (Å²) in [6.45, 7) is 7.22. The first-order chi connectivity index (χ1) is 16.9. The van der Waals surface area contributed by atoms with Crippen molar-refractivity contribution < 1.29 is 14.6 Å². The quantitative estimate of drug-likeness (QED) is 0.425. The fourth-order valence-corrected chi connectivity index (χ4v) is 5.64. The van der Waals surface area contributed by atoms with E-state index in [-0.39, 0.29) is 18.0 Å². The molecule has 0 spiro atoms. The van der Waals surface area contributed by atoms with Crippen LogP contribution in [0.15, 0.2) is 24.4 Å². The van der Waals surface area contributed by atoms with Crippen molar-refractivity contribution >= 4 is 33.7 Å². The summed E-state index contributed by atoms with van der Waals surface area (Å²) in [5.41, 5.74) is 8.75. The third-order valence-electron chi connectivity index (χ3n) is 6.75. The summed E-state index contributed by atoms with van der Waals surface area (Å²) in [4.78, 5) is 11.6. The standard InChI is InChI=1S/C25H26N6O3S/c1-12-4-7-19(32)13(2)22(12)34-24-21-17(18(9-27-23(21)26)25-30-29-14(3)35-25)8-20(28-24)31-10-15-5-6-16(11-31)33-15/h4,7-9,15-16,32H,5-6,10-11H2,1-3H3,(H2,26,27). The van der Waals surface area contributed by atoms with Gasteiger partial charge >= 0.3 is 0 Å². The van der Waals surface area contributed by atoms with Gasteiger partial charge in [0, 0.05) is 35.8 Å². The Balaban J connectivity index is 1.57. The number of phenolic OH excluding ortho intramolecular Hbond substituents is 1. The monoisotopic (exact) mass is 490 g/mol. The Morgan fingerprint density at radius 3 is 2.63 bits per heavy atom. The third kappa shape index (κ3) is 3.82. The Hall–Kier alpha value is -3.50. The molecule has 0 amide bonds. The molecular formula is C25H26N6O3S. The fourth-order valence-electron chi connectivity index (χ4n) is 4.92. The molecule has 180 valence electrons. The summed E-state index contributed by atoms with van der Waals surface area (Å²) >= 11 is 1.50. The number of aromatic nitrogens is 4. The van der Waals surface area contributed by atoms with E-state index in [9.17, 15) is 5.11 Å². The fraction of sp³-hybridized carbons (Fsp3) is 0.360. The van der Waals surface area contributed by atoms with Crippen LogP contribution in [0.4, 0.5) is 11.6 Å². The minimum atomic E-state index is 0.159. The van der Waals surface area contributed by atoms with Crippen molar-refractivity contribution in [2.24, 2.45) is 0 Å². The van der Waals surface area contributed by atoms with Gasteiger partial charge < -0.3 is 25.2 Å². The van der Waals surface area contributed by atoms with Gasteiger partial charge in [-0.05, 0) is 51.3 Å². The summed E-state index contributed by atoms with van der Waals surface area (Å²) in [7, 11) is 0. The number of nitrogens with zero attached hydrogens (tertiary/aromatic N) is 5. The van der Waals surface area contributed by atoms with Crippen LogP contribution in [0.1, 0.15) is 29.0 Å². The summed E-state index contributed by atoms with van der Waals surface area (Å²) in [6.07, 6.45) is 4.27. The molecule has 9 nitrogen and oxygen atoms in total. The van der Waals surface area contributed by atoms with Gasteiger partial charge in [0.15, 0.2) is 0 Å². The predicted molar refractivity (Wildman–Crippen MR) is 135 cm³/mol. The second-order valence-electron chi connectivity index (χ2n) is 9.21. The first-order valence-electron chi connectivity index (χ1n) is 11.6. The molecule has 5 heterocycles. The molecule has 10 heteroatoms. The second kappa shape index (κ2) is 8.31. The Bertz CT molecular complexity index is 1440. The summed E-state index contributed by atoms with van der Waals surface area (Å²) < 4.78 is 12.5. The van der Waals surface area contributed by atoms with Gasteiger partial charge in [-0.1, -0.05) is 17.4 Å². The molecule has 2 fully saturated rings. The van der Waals surface area contributed by atoms with Crippen molar-refractivity contribution in [1.29, 1.82) is 0 Å². The molecule has 2 unspecified atom stereocenters. The Morgan fingerprint density at radius 2 is 1.91 bits per heavy atom. The lowest BCUT2D eigenvalue weighted by Crippen LogP contribution is -2.43. The van der Waals surface area contributed by atoms with Crippen LogP contribution in [0.3, 0.4) is 0 Å². The number of benzene rings is 1. The van der Waals surface area contributed by atoms with E-state index in [0.717, 1.165) is 58.3 Å². The summed E-state index contributed by atoms with van der Waals surface area (Å²) in [5, 5.41) is 21.9. The van der Waals surface area contributed by atoms with Crippen molar-refractivity contribution in [2.45, 2.75) is 45.8 Å². The second-order valence-corrected chi connectivity index (χ2v) is 10.4. The van der Waals surface area contributed by atoms with E-state index in [4.69, 9.17) is 20.2 Å². The van der Waals surface area contributed by atoms with Crippen LogP contribution in [-0.2, 0) is 4.74 Å². The van der Waals surface area contributed by atoms with E-state index < -0.39 is 0 Å². The van der Waals surface area contributed by atoms with Crippen molar-refractivity contribution in [3.8, 4) is 28.0 Å². The van der Waals surface area contributed by atoms with Gasteiger partial charge in [-0.25, -0.2) is 4.98 Å². The lowest BCUT2D eigenvalue weighted by molar-refractivity contribution is 0.0302. The maximum atomic E-state index is 10.3. The molecule has 1 aromatic carbocycles. The van der Waals surface area contributed by atoms with Gasteiger partial charge in [-0.2, -0.15) is 4.98 Å². The summed E-state index contributed by atoms with van der Waals surface area (Å²) in [6, 6.07) is 5.52. The number of aromatic hydroxyl groups is 1. The number of ether oxygens (including phenoxy) is 2. The minimum Gasteiger partial charge on any atom is -0.508 e. The highest BCUT2D eigenvalue weighted by molar-refractivity contribution is 7.14. The van der Waals surface area contributed by atoms with Gasteiger partial charge in [0.1, 0.15) is 33.1 Å². The number of morpholine rings is 1. The van der Waals surface area contributed by atoms with E-state index in [1.807, 2.05) is 32.9 Å². The maximum Gasteiger partial charge on any atom is 0.232 e. The number of hydrogen-bond acceptors (Lipinski definition) is 10. The largest absolute Gasteiger partial charge is 0.508 e. The number of rotatable bonds is 4. The smallest absolute Gasteiger partial charge is 0.232 e. The van der Waals surface area contributed by atoms with Crippen molar-refractivity contribution in [3.05, 3.63) is 40.5 Å². The van der Waals surface area contributed by atoms with Crippen LogP contribution < -0.4 is 15.4 Å². The summed E-state index contributed by atoms with van der Waals surface area (Å²) in [5.74, 6) is 2.16. The Kier molecular flexibility index (Phi) is 5.23. The van der Waals surface area contributed by atoms with E-state index in [1.54, 1.807) is 12.3 Å². The average Bonchev–Trinajstić information content (AvgIpc) is 3.43. The molecule has 4 aromatic rings. The maximum absolute atomic E-state index is 10.3. The number of fused-ring (bicyclic) bond motifs is 3. The number of nitrogens with two attached hydrogens (primary N) is 1. The van der Waals surface area contributed by atoms with Crippen molar-refractivity contribution in [2.75, 3.05) is 23.7 Å². The number of hydrogen-bond donors (Lipinski definition) is 2. The molecular weight excluding hydrogens is 464 g/mol. The molecule has 2 atom stereocenters. The van der Waals surface area contributed by atoms with E-state index in [2.05, 4.69) is 20.1 Å². The predicted octanol–water partition coefficient (Wildman–Crippen LogP) is 4.52. The first kappa shape index (κ1) is 22.0. The van der Waals surface area contributed by atoms with Crippen LogP contribution in [0.25, 0.3) is 21.3 Å². The van der Waals surface area contributed by atoms with E-state index >= 15 is 0 Å². The highest BCUT2D eigenvalue weighted by Crippen LogP contribution is 2.42. The van der Waals surface area contributed by atoms with Gasteiger partial charge in [0.05, 0.1) is 17.6 Å². The highest BCUT2D eigenvalue weighted by Gasteiger charge is 2.35. The molecule has 2 saturated heterocycles. The number of aryl methyl sites for hydroxylation is 2. The van der Waals surface area contributed by atoms with Crippen LogP contribution >= 0.6 is 11.3 Å². The highest BCUT2D eigenvalue weighted by atomic mass is 32.1. The number of phenols is 1. The molecule has 6 rings (SSSR count). The zero-order chi connectivity index (χ0) is 24.3. The molecule has 3 N–H and O–H groups in total. The Labute approximate surface area is 206 Å². The Morgan fingerprint density at radius 1 is 1.14 bits per heavy atom. The third-order valence-corrected chi connectivity index (χ3v) is 7.62. The number of pyridine rings is 2. The molecule has 2 aliphatic heterocycles. The lowest BCUT2D eigenvalue weighted by Gasteiger charge is -2.33. The van der Waals surface area contributed by atoms with Crippen molar-refractivity contribution in [3.63, 3.8) is 0 Å². The van der Waals surface area contributed by atoms with E-state index in [1.165, 1.54) is 11.3 Å². The molecule has 2 bridgehead atoms. The van der Waals surface area contributed by atoms with Crippen LogP contribution in [0.2, 0.25) is 0 Å². The number of anilines is 2. The SMILES string of the molecule is Cc1nnc(-c2cnc(N)c3c(Oc4c(C)ccc(O)c4C)nc(N4CC5CCC(C4)O5)cc23)s1. The zero-order valence-electron chi connectivity index (χ0n) is 19.8. The normalized spacial score (nSPS) is 19.5. The molecule has 35 heavy (non-hydrogen) atoms. The van der Waals surface area contributed by atoms with Crippen molar-refractivity contribution in [1.82, 2.24) is 20.2 Å². The van der Waals surface area contributed by atoms with Crippen LogP contribution in [-0.4, -0.2) is 50.6 Å². The number of nitrogen functional groups attached to an aromatic ring is 1. The van der Waals surface area contributed by atoms with Gasteiger partial charge in [-0.3, -0.25) is 0 Å². The molecule has 0 aliphatic carbocycles. The zero-order valence-corrected chi connectivity index (χ0v) is 20.6. The van der Waals surface area contributed by atoms with Gasteiger partial charge in [0.25, 0.3) is 0 Å². The van der Waals surface area contributed by atoms with Gasteiger partial charge in [-0.15, -0.1) is 10.2 Å². The topological polar surface area (TPSA) is 120 Å². The van der Waals surface area contributed by atoms with Crippen LogP contribution in [0, 0.1) is 20.8 Å².